The Labute approximate surface area is 140 Å². The highest BCUT2D eigenvalue weighted by Gasteiger charge is 2.09. The predicted octanol–water partition coefficient (Wildman–Crippen LogP) is 2.97. The molecule has 0 heterocycles. The molecule has 2 amide bonds. The normalized spacial score (nSPS) is 10.2. The number of amides is 2. The van der Waals surface area contributed by atoms with Gasteiger partial charge in [-0.2, -0.15) is 0 Å². The van der Waals surface area contributed by atoms with Crippen LogP contribution in [0.15, 0.2) is 48.5 Å². The van der Waals surface area contributed by atoms with Crippen molar-refractivity contribution in [2.24, 2.45) is 0 Å². The van der Waals surface area contributed by atoms with Crippen molar-refractivity contribution >= 4 is 23.4 Å². The summed E-state index contributed by atoms with van der Waals surface area (Å²) in [7, 11) is 0. The molecule has 2 N–H and O–H groups in total. The van der Waals surface area contributed by atoms with Crippen LogP contribution in [0.5, 0.6) is 0 Å². The van der Waals surface area contributed by atoms with Crippen molar-refractivity contribution in [1.82, 2.24) is 10.6 Å². The number of carbonyl (C=O) groups excluding carboxylic acids is 2. The molecule has 5 heteroatoms. The summed E-state index contributed by atoms with van der Waals surface area (Å²) in [5.41, 5.74) is 2.96. The first kappa shape index (κ1) is 17.0. The number of aryl methyl sites for hydroxylation is 1. The van der Waals surface area contributed by atoms with Crippen LogP contribution in [0.1, 0.15) is 23.1 Å². The molecule has 0 saturated carbocycles. The minimum atomic E-state index is -0.327. The molecule has 0 aliphatic carbocycles. The van der Waals surface area contributed by atoms with Crippen molar-refractivity contribution in [3.05, 3.63) is 70.2 Å². The van der Waals surface area contributed by atoms with Gasteiger partial charge in [0.05, 0.1) is 0 Å². The smallest absolute Gasteiger partial charge is 0.229 e. The van der Waals surface area contributed by atoms with Gasteiger partial charge in [-0.05, 0) is 24.1 Å². The highest BCUT2D eigenvalue weighted by Crippen LogP contribution is 2.14. The van der Waals surface area contributed by atoms with Crippen LogP contribution in [0.25, 0.3) is 0 Å². The fraction of sp³-hybridized carbons (Fsp3) is 0.222. The van der Waals surface area contributed by atoms with E-state index in [1.807, 2.05) is 49.4 Å². The third-order valence-corrected chi connectivity index (χ3v) is 3.70. The Hall–Kier alpha value is -2.33. The lowest BCUT2D eigenvalue weighted by Gasteiger charge is -2.08. The molecule has 0 spiro atoms. The maximum absolute atomic E-state index is 11.8. The average molecular weight is 331 g/mol. The van der Waals surface area contributed by atoms with E-state index in [9.17, 15) is 9.59 Å². The third kappa shape index (κ3) is 5.75. The van der Waals surface area contributed by atoms with Crippen LogP contribution in [0.2, 0.25) is 5.02 Å². The van der Waals surface area contributed by atoms with Crippen LogP contribution in [0.3, 0.4) is 0 Å². The second kappa shape index (κ2) is 8.34. The van der Waals surface area contributed by atoms with E-state index in [1.54, 1.807) is 6.07 Å². The van der Waals surface area contributed by atoms with Crippen molar-refractivity contribution in [3.63, 3.8) is 0 Å². The summed E-state index contributed by atoms with van der Waals surface area (Å²) in [6.45, 7) is 2.72. The monoisotopic (exact) mass is 330 g/mol. The van der Waals surface area contributed by atoms with Crippen LogP contribution >= 0.6 is 11.6 Å². The second-order valence-corrected chi connectivity index (χ2v) is 5.72. The largest absolute Gasteiger partial charge is 0.352 e. The zero-order valence-corrected chi connectivity index (χ0v) is 13.7. The van der Waals surface area contributed by atoms with Crippen LogP contribution < -0.4 is 10.6 Å². The van der Waals surface area contributed by atoms with Gasteiger partial charge >= 0.3 is 0 Å². The maximum Gasteiger partial charge on any atom is 0.229 e. The van der Waals surface area contributed by atoms with Crippen molar-refractivity contribution in [2.75, 3.05) is 0 Å². The summed E-state index contributed by atoms with van der Waals surface area (Å²) in [4.78, 5) is 23.6. The number of nitrogens with one attached hydrogen (secondary N) is 2. The Morgan fingerprint density at radius 2 is 1.65 bits per heavy atom. The molecule has 23 heavy (non-hydrogen) atoms. The second-order valence-electron chi connectivity index (χ2n) is 5.31. The highest BCUT2D eigenvalue weighted by molar-refractivity contribution is 6.31. The molecular weight excluding hydrogens is 312 g/mol. The van der Waals surface area contributed by atoms with E-state index in [0.717, 1.165) is 16.7 Å². The van der Waals surface area contributed by atoms with Gasteiger partial charge in [-0.3, -0.25) is 9.59 Å². The lowest BCUT2D eigenvalue weighted by atomic mass is 10.1. The van der Waals surface area contributed by atoms with Crippen LogP contribution in [-0.4, -0.2) is 11.8 Å². The molecule has 2 aromatic carbocycles. The highest BCUT2D eigenvalue weighted by atomic mass is 35.5. The summed E-state index contributed by atoms with van der Waals surface area (Å²) >= 11 is 6.01. The van der Waals surface area contributed by atoms with Gasteiger partial charge in [0.25, 0.3) is 0 Å². The van der Waals surface area contributed by atoms with Gasteiger partial charge in [0.15, 0.2) is 0 Å². The summed E-state index contributed by atoms with van der Waals surface area (Å²) in [5.74, 6) is -0.630. The lowest BCUT2D eigenvalue weighted by molar-refractivity contribution is -0.129. The van der Waals surface area contributed by atoms with Gasteiger partial charge in [0, 0.05) is 18.1 Å². The first-order valence-corrected chi connectivity index (χ1v) is 7.75. The Balaban J connectivity index is 1.74. The number of hydrogen-bond donors (Lipinski definition) is 2. The topological polar surface area (TPSA) is 58.2 Å². The SMILES string of the molecule is Cc1cccc(CNC(=O)CC(=O)NCc2ccccc2Cl)c1. The number of rotatable bonds is 6. The predicted molar refractivity (Wildman–Crippen MR) is 90.9 cm³/mol. The first-order valence-electron chi connectivity index (χ1n) is 7.37. The van der Waals surface area contributed by atoms with Crippen molar-refractivity contribution < 1.29 is 9.59 Å². The minimum Gasteiger partial charge on any atom is -0.352 e. The van der Waals surface area contributed by atoms with E-state index in [-0.39, 0.29) is 18.2 Å². The van der Waals surface area contributed by atoms with Gasteiger partial charge < -0.3 is 10.6 Å². The Kier molecular flexibility index (Phi) is 6.18. The van der Waals surface area contributed by atoms with Crippen LogP contribution in [0.4, 0.5) is 0 Å². The van der Waals surface area contributed by atoms with Gasteiger partial charge in [-0.1, -0.05) is 59.6 Å². The molecule has 120 valence electrons. The Morgan fingerprint density at radius 3 is 2.35 bits per heavy atom. The molecule has 2 rings (SSSR count). The summed E-state index contributed by atoms with van der Waals surface area (Å²) < 4.78 is 0. The molecule has 0 aliphatic heterocycles. The fourth-order valence-corrected chi connectivity index (χ4v) is 2.33. The van der Waals surface area contributed by atoms with Crippen molar-refractivity contribution in [2.45, 2.75) is 26.4 Å². The van der Waals surface area contributed by atoms with E-state index >= 15 is 0 Å². The Morgan fingerprint density at radius 1 is 0.957 bits per heavy atom. The van der Waals surface area contributed by atoms with Gasteiger partial charge in [0.1, 0.15) is 6.42 Å². The number of hydrogen-bond acceptors (Lipinski definition) is 2. The fourth-order valence-electron chi connectivity index (χ4n) is 2.13. The quantitative estimate of drug-likeness (QED) is 0.800. The molecule has 0 atom stereocenters. The van der Waals surface area contributed by atoms with E-state index in [2.05, 4.69) is 10.6 Å². The van der Waals surface area contributed by atoms with Crippen LogP contribution in [-0.2, 0) is 22.7 Å². The van der Waals surface area contributed by atoms with Gasteiger partial charge in [-0.15, -0.1) is 0 Å². The van der Waals surface area contributed by atoms with E-state index in [4.69, 9.17) is 11.6 Å². The summed E-state index contributed by atoms with van der Waals surface area (Å²) in [6.07, 6.45) is -0.198. The van der Waals surface area contributed by atoms with E-state index in [0.29, 0.717) is 18.1 Å². The van der Waals surface area contributed by atoms with Crippen molar-refractivity contribution in [1.29, 1.82) is 0 Å². The zero-order chi connectivity index (χ0) is 16.7. The molecular formula is C18H19ClN2O2. The maximum atomic E-state index is 11.8. The van der Waals surface area contributed by atoms with Crippen LogP contribution in [0, 0.1) is 6.92 Å². The van der Waals surface area contributed by atoms with E-state index in [1.165, 1.54) is 0 Å². The molecule has 0 bridgehead atoms. The lowest BCUT2D eigenvalue weighted by Crippen LogP contribution is -2.31. The number of benzene rings is 2. The number of halogens is 1. The number of carbonyl (C=O) groups is 2. The zero-order valence-electron chi connectivity index (χ0n) is 12.9. The molecule has 0 radical (unpaired) electrons. The van der Waals surface area contributed by atoms with Gasteiger partial charge in [0.2, 0.25) is 11.8 Å². The van der Waals surface area contributed by atoms with Crippen molar-refractivity contribution in [3.8, 4) is 0 Å². The molecule has 0 aliphatic rings. The van der Waals surface area contributed by atoms with Gasteiger partial charge in [-0.25, -0.2) is 0 Å². The third-order valence-electron chi connectivity index (χ3n) is 3.33. The average Bonchev–Trinajstić information content (AvgIpc) is 2.52. The molecule has 0 aromatic heterocycles. The molecule has 0 saturated heterocycles. The van der Waals surface area contributed by atoms with E-state index < -0.39 is 0 Å². The molecule has 2 aromatic rings. The standard InChI is InChI=1S/C18H19ClN2O2/c1-13-5-4-6-14(9-13)11-20-17(22)10-18(23)21-12-15-7-2-3-8-16(15)19/h2-9H,10-12H2,1H3,(H,20,22)(H,21,23). The summed E-state index contributed by atoms with van der Waals surface area (Å²) in [5, 5.41) is 6.03. The first-order chi connectivity index (χ1) is 11.0. The minimum absolute atomic E-state index is 0.198. The molecule has 0 fully saturated rings. The summed E-state index contributed by atoms with van der Waals surface area (Å²) in [6, 6.07) is 15.1. The molecule has 0 unspecified atom stereocenters. The Bertz CT molecular complexity index is 701. The molecule has 4 nitrogen and oxygen atoms in total.